The van der Waals surface area contributed by atoms with Gasteiger partial charge in [0.2, 0.25) is 0 Å². The van der Waals surface area contributed by atoms with E-state index in [1.807, 2.05) is 6.07 Å². The Morgan fingerprint density at radius 1 is 1.35 bits per heavy atom. The van der Waals surface area contributed by atoms with Gasteiger partial charge >= 0.3 is 0 Å². The zero-order valence-corrected chi connectivity index (χ0v) is 10.6. The van der Waals surface area contributed by atoms with Gasteiger partial charge in [0.1, 0.15) is 0 Å². The quantitative estimate of drug-likeness (QED) is 0.744. The molecule has 3 atom stereocenters. The van der Waals surface area contributed by atoms with E-state index in [2.05, 4.69) is 37.8 Å². The second-order valence-electron chi connectivity index (χ2n) is 4.70. The Morgan fingerprint density at radius 3 is 2.65 bits per heavy atom. The summed E-state index contributed by atoms with van der Waals surface area (Å²) in [5.41, 5.74) is 2.43. The highest BCUT2D eigenvalue weighted by molar-refractivity contribution is 5.19. The van der Waals surface area contributed by atoms with Gasteiger partial charge in [-0.1, -0.05) is 42.5 Å². The summed E-state index contributed by atoms with van der Waals surface area (Å²) < 4.78 is 11.3. The lowest BCUT2D eigenvalue weighted by atomic mass is 9.85. The summed E-state index contributed by atoms with van der Waals surface area (Å²) in [6.07, 6.45) is 1.27. The van der Waals surface area contributed by atoms with Gasteiger partial charge < -0.3 is 9.47 Å². The van der Waals surface area contributed by atoms with Gasteiger partial charge in [0.05, 0.1) is 18.8 Å². The van der Waals surface area contributed by atoms with Crippen molar-refractivity contribution in [2.75, 3.05) is 13.7 Å². The first kappa shape index (κ1) is 12.3. The average molecular weight is 232 g/mol. The van der Waals surface area contributed by atoms with Crippen molar-refractivity contribution >= 4 is 0 Å². The summed E-state index contributed by atoms with van der Waals surface area (Å²) >= 11 is 0. The van der Waals surface area contributed by atoms with Gasteiger partial charge in [0, 0.05) is 13.0 Å². The zero-order chi connectivity index (χ0) is 12.3. The third-order valence-corrected chi connectivity index (χ3v) is 3.49. The van der Waals surface area contributed by atoms with E-state index in [0.717, 1.165) is 6.42 Å². The van der Waals surface area contributed by atoms with Crippen molar-refractivity contribution in [1.29, 1.82) is 0 Å². The second kappa shape index (κ2) is 5.48. The maximum atomic E-state index is 5.88. The summed E-state index contributed by atoms with van der Waals surface area (Å²) in [6.45, 7) is 6.79. The monoisotopic (exact) mass is 232 g/mol. The third-order valence-electron chi connectivity index (χ3n) is 3.49. The SMILES string of the molecule is C=C(C)[C@H]1CC(c2ccccc2)OC[C@@H]1OC. The highest BCUT2D eigenvalue weighted by Crippen LogP contribution is 2.35. The van der Waals surface area contributed by atoms with Gasteiger partial charge in [0.25, 0.3) is 0 Å². The number of ether oxygens (including phenoxy) is 2. The molecule has 0 amide bonds. The summed E-state index contributed by atoms with van der Waals surface area (Å²) in [5.74, 6) is 0.388. The van der Waals surface area contributed by atoms with Gasteiger partial charge in [-0.05, 0) is 18.9 Å². The molecule has 1 saturated heterocycles. The lowest BCUT2D eigenvalue weighted by molar-refractivity contribution is -0.0959. The molecule has 1 heterocycles. The lowest BCUT2D eigenvalue weighted by Crippen LogP contribution is -2.35. The molecule has 1 fully saturated rings. The van der Waals surface area contributed by atoms with E-state index < -0.39 is 0 Å². The van der Waals surface area contributed by atoms with Crippen LogP contribution in [0.15, 0.2) is 42.5 Å². The summed E-state index contributed by atoms with van der Waals surface area (Å²) in [4.78, 5) is 0. The van der Waals surface area contributed by atoms with E-state index in [0.29, 0.717) is 12.5 Å². The van der Waals surface area contributed by atoms with E-state index in [1.165, 1.54) is 11.1 Å². The lowest BCUT2D eigenvalue weighted by Gasteiger charge is -2.36. The fourth-order valence-corrected chi connectivity index (χ4v) is 2.43. The molecule has 0 radical (unpaired) electrons. The fourth-order valence-electron chi connectivity index (χ4n) is 2.43. The van der Waals surface area contributed by atoms with E-state index in [1.54, 1.807) is 7.11 Å². The Hall–Kier alpha value is -1.12. The van der Waals surface area contributed by atoms with Crippen molar-refractivity contribution in [3.05, 3.63) is 48.0 Å². The normalized spacial score (nSPS) is 28.9. The maximum absolute atomic E-state index is 5.88. The van der Waals surface area contributed by atoms with Gasteiger partial charge in [-0.25, -0.2) is 0 Å². The van der Waals surface area contributed by atoms with E-state index in [9.17, 15) is 0 Å². The molecule has 0 saturated carbocycles. The molecule has 0 N–H and O–H groups in total. The minimum atomic E-state index is 0.146. The molecule has 2 heteroatoms. The topological polar surface area (TPSA) is 18.5 Å². The first-order chi connectivity index (χ1) is 8.22. The smallest absolute Gasteiger partial charge is 0.0870 e. The summed E-state index contributed by atoms with van der Waals surface area (Å²) in [5, 5.41) is 0. The molecule has 1 aliphatic rings. The minimum absolute atomic E-state index is 0.146. The highest BCUT2D eigenvalue weighted by Gasteiger charge is 2.32. The van der Waals surface area contributed by atoms with Crippen molar-refractivity contribution in [2.45, 2.75) is 25.6 Å². The van der Waals surface area contributed by atoms with Gasteiger partial charge in [-0.15, -0.1) is 0 Å². The summed E-state index contributed by atoms with van der Waals surface area (Å²) in [6, 6.07) is 10.4. The predicted octanol–water partition coefficient (Wildman–Crippen LogP) is 3.36. The van der Waals surface area contributed by atoms with Crippen LogP contribution in [0.4, 0.5) is 0 Å². The molecular formula is C15H20O2. The molecule has 0 spiro atoms. The Bertz CT molecular complexity index is 372. The van der Waals surface area contributed by atoms with Gasteiger partial charge in [0.15, 0.2) is 0 Å². The molecule has 0 bridgehead atoms. The molecule has 2 nitrogen and oxygen atoms in total. The first-order valence-corrected chi connectivity index (χ1v) is 6.07. The molecule has 1 unspecified atom stereocenters. The highest BCUT2D eigenvalue weighted by atomic mass is 16.5. The summed E-state index contributed by atoms with van der Waals surface area (Å²) in [7, 11) is 1.74. The van der Waals surface area contributed by atoms with Gasteiger partial charge in [-0.2, -0.15) is 0 Å². The third kappa shape index (κ3) is 2.76. The average Bonchev–Trinajstić information content (AvgIpc) is 2.39. The van der Waals surface area contributed by atoms with Crippen molar-refractivity contribution in [2.24, 2.45) is 5.92 Å². The fraction of sp³-hybridized carbons (Fsp3) is 0.467. The Balaban J connectivity index is 2.11. The number of hydrogen-bond donors (Lipinski definition) is 0. The molecule has 1 aromatic rings. The van der Waals surface area contributed by atoms with Crippen LogP contribution in [0, 0.1) is 5.92 Å². The number of rotatable bonds is 3. The van der Waals surface area contributed by atoms with E-state index >= 15 is 0 Å². The Labute approximate surface area is 103 Å². The zero-order valence-electron chi connectivity index (χ0n) is 10.6. The number of hydrogen-bond acceptors (Lipinski definition) is 2. The molecule has 92 valence electrons. The molecule has 0 aliphatic carbocycles. The standard InChI is InChI=1S/C15H20O2/c1-11(2)13-9-14(17-10-15(13)16-3)12-7-5-4-6-8-12/h4-8,13-15H,1,9-10H2,2-3H3/t13-,14?,15+/m1/s1. The van der Waals surface area contributed by atoms with Crippen LogP contribution < -0.4 is 0 Å². The maximum Gasteiger partial charge on any atom is 0.0870 e. The second-order valence-corrected chi connectivity index (χ2v) is 4.70. The van der Waals surface area contributed by atoms with Crippen LogP contribution in [0.2, 0.25) is 0 Å². The number of methoxy groups -OCH3 is 1. The van der Waals surface area contributed by atoms with Crippen molar-refractivity contribution in [3.8, 4) is 0 Å². The van der Waals surface area contributed by atoms with Crippen molar-refractivity contribution in [1.82, 2.24) is 0 Å². The Morgan fingerprint density at radius 2 is 2.06 bits per heavy atom. The number of benzene rings is 1. The molecule has 1 aromatic carbocycles. The van der Waals surface area contributed by atoms with Crippen LogP contribution in [0.1, 0.15) is 25.0 Å². The molecule has 17 heavy (non-hydrogen) atoms. The largest absolute Gasteiger partial charge is 0.378 e. The molecule has 0 aromatic heterocycles. The van der Waals surface area contributed by atoms with Crippen LogP contribution >= 0.6 is 0 Å². The van der Waals surface area contributed by atoms with Crippen LogP contribution in [0.25, 0.3) is 0 Å². The molecule has 1 aliphatic heterocycles. The van der Waals surface area contributed by atoms with Crippen LogP contribution in [-0.4, -0.2) is 19.8 Å². The van der Waals surface area contributed by atoms with E-state index in [-0.39, 0.29) is 12.2 Å². The predicted molar refractivity (Wildman–Crippen MR) is 68.9 cm³/mol. The molecular weight excluding hydrogens is 212 g/mol. The van der Waals surface area contributed by atoms with Crippen molar-refractivity contribution in [3.63, 3.8) is 0 Å². The van der Waals surface area contributed by atoms with Gasteiger partial charge in [-0.3, -0.25) is 0 Å². The van der Waals surface area contributed by atoms with Crippen LogP contribution in [0.3, 0.4) is 0 Å². The molecule has 2 rings (SSSR count). The minimum Gasteiger partial charge on any atom is -0.378 e. The van der Waals surface area contributed by atoms with E-state index in [4.69, 9.17) is 9.47 Å². The van der Waals surface area contributed by atoms with Crippen molar-refractivity contribution < 1.29 is 9.47 Å². The Kier molecular flexibility index (Phi) is 3.97. The van der Waals surface area contributed by atoms with Crippen LogP contribution in [0.5, 0.6) is 0 Å². The first-order valence-electron chi connectivity index (χ1n) is 6.07. The van der Waals surface area contributed by atoms with Crippen LogP contribution in [-0.2, 0) is 9.47 Å².